The normalized spacial score (nSPS) is 10.9. The summed E-state index contributed by atoms with van der Waals surface area (Å²) in [5.41, 5.74) is -0.157. The van der Waals surface area contributed by atoms with Crippen molar-refractivity contribution in [3.8, 4) is 5.92 Å². The Morgan fingerprint density at radius 2 is 1.19 bits per heavy atom. The van der Waals surface area contributed by atoms with Gasteiger partial charge in [0.05, 0.1) is 0 Å². The first-order valence-electron chi connectivity index (χ1n) is 5.04. The quantitative estimate of drug-likeness (QED) is 0.592. The first kappa shape index (κ1) is 10.7. The first-order valence-corrected chi connectivity index (χ1v) is 5.04. The van der Waals surface area contributed by atoms with Gasteiger partial charge in [0.15, 0.2) is 0 Å². The zero-order chi connectivity index (χ0) is 11.4. The van der Waals surface area contributed by atoms with E-state index in [1.54, 1.807) is 24.3 Å². The van der Waals surface area contributed by atoms with Crippen LogP contribution in [0.4, 0.5) is 0 Å². The fourth-order valence-electron chi connectivity index (χ4n) is 1.67. The molecule has 0 unspecified atom stereocenters. The SMILES string of the molecule is [C+]#CC(O)(c1ccccc1)c1ccccc1. The summed E-state index contributed by atoms with van der Waals surface area (Å²) in [4.78, 5) is 0. The van der Waals surface area contributed by atoms with Crippen molar-refractivity contribution in [2.24, 2.45) is 0 Å². The van der Waals surface area contributed by atoms with E-state index in [0.717, 1.165) is 0 Å². The van der Waals surface area contributed by atoms with E-state index in [2.05, 4.69) is 5.92 Å². The van der Waals surface area contributed by atoms with Gasteiger partial charge in [0, 0.05) is 0 Å². The Morgan fingerprint density at radius 3 is 1.50 bits per heavy atom. The molecule has 0 amide bonds. The third kappa shape index (κ3) is 1.79. The Labute approximate surface area is 95.4 Å². The molecule has 0 heterocycles. The minimum absolute atomic E-state index is 0.649. The van der Waals surface area contributed by atoms with Crippen molar-refractivity contribution in [2.75, 3.05) is 0 Å². The van der Waals surface area contributed by atoms with Gasteiger partial charge >= 0.3 is 94.8 Å². The van der Waals surface area contributed by atoms with Crippen LogP contribution in [0.2, 0.25) is 0 Å². The number of hydrogen-bond donors (Lipinski definition) is 1. The van der Waals surface area contributed by atoms with Gasteiger partial charge < -0.3 is 0 Å². The van der Waals surface area contributed by atoms with Gasteiger partial charge in [0.2, 0.25) is 0 Å². The Balaban J connectivity index is 2.55. The average Bonchev–Trinajstić information content (AvgIpc) is 2.40. The zero-order valence-corrected chi connectivity index (χ0v) is 8.72. The number of hydrogen-bond acceptors (Lipinski definition) is 1. The van der Waals surface area contributed by atoms with E-state index >= 15 is 0 Å². The molecule has 0 aliphatic carbocycles. The predicted molar refractivity (Wildman–Crippen MR) is 63.0 cm³/mol. The van der Waals surface area contributed by atoms with E-state index in [0.29, 0.717) is 11.1 Å². The van der Waals surface area contributed by atoms with Crippen molar-refractivity contribution >= 4 is 0 Å². The summed E-state index contributed by atoms with van der Waals surface area (Å²) in [6.07, 6.45) is 7.33. The molecule has 0 atom stereocenters. The molecule has 0 spiro atoms. The van der Waals surface area contributed by atoms with E-state index in [9.17, 15) is 5.11 Å². The molecule has 16 heavy (non-hydrogen) atoms. The maximum atomic E-state index is 10.5. The van der Waals surface area contributed by atoms with Crippen LogP contribution in [0.5, 0.6) is 0 Å². The Bertz CT molecular complexity index is 454. The van der Waals surface area contributed by atoms with Crippen molar-refractivity contribution in [2.45, 2.75) is 5.60 Å². The zero-order valence-electron chi connectivity index (χ0n) is 8.72. The molecule has 2 aromatic rings. The topological polar surface area (TPSA) is 20.2 Å². The van der Waals surface area contributed by atoms with Crippen LogP contribution < -0.4 is 0 Å². The van der Waals surface area contributed by atoms with E-state index in [-0.39, 0.29) is 0 Å². The van der Waals surface area contributed by atoms with Gasteiger partial charge in [-0.05, 0) is 0 Å². The first-order chi connectivity index (χ1) is 7.77. The van der Waals surface area contributed by atoms with E-state index < -0.39 is 5.60 Å². The number of rotatable bonds is 2. The van der Waals surface area contributed by atoms with Crippen LogP contribution in [-0.4, -0.2) is 5.11 Å². The van der Waals surface area contributed by atoms with Crippen LogP contribution in [0.1, 0.15) is 11.1 Å². The van der Waals surface area contributed by atoms with Crippen molar-refractivity contribution in [3.05, 3.63) is 78.2 Å². The number of benzene rings is 2. The van der Waals surface area contributed by atoms with E-state index in [4.69, 9.17) is 6.42 Å². The molecule has 1 nitrogen and oxygen atoms in total. The molecule has 1 N–H and O–H groups in total. The van der Waals surface area contributed by atoms with Crippen molar-refractivity contribution in [1.82, 2.24) is 0 Å². The van der Waals surface area contributed by atoms with Gasteiger partial charge in [-0.3, -0.25) is 0 Å². The minimum atomic E-state index is -1.46. The van der Waals surface area contributed by atoms with E-state index in [1.807, 2.05) is 36.4 Å². The fourth-order valence-corrected chi connectivity index (χ4v) is 1.67. The molecule has 2 aromatic carbocycles. The van der Waals surface area contributed by atoms with Crippen LogP contribution in [0.3, 0.4) is 0 Å². The van der Waals surface area contributed by atoms with E-state index in [1.165, 1.54) is 0 Å². The summed E-state index contributed by atoms with van der Waals surface area (Å²) in [7, 11) is 0. The third-order valence-corrected chi connectivity index (χ3v) is 2.56. The molecular formula is C15H11O+. The summed E-state index contributed by atoms with van der Waals surface area (Å²) < 4.78 is 0. The summed E-state index contributed by atoms with van der Waals surface area (Å²) in [6.45, 7) is 0. The molecular weight excluding hydrogens is 196 g/mol. The molecule has 0 fully saturated rings. The molecule has 0 saturated carbocycles. The molecule has 0 aliphatic heterocycles. The monoisotopic (exact) mass is 207 g/mol. The second-order valence-corrected chi connectivity index (χ2v) is 3.57. The van der Waals surface area contributed by atoms with Gasteiger partial charge in [-0.2, -0.15) is 0 Å². The summed E-state index contributed by atoms with van der Waals surface area (Å²) in [6, 6.07) is 18.2. The molecule has 1 heteroatoms. The fraction of sp³-hybridized carbons (Fsp3) is 0.0667. The summed E-state index contributed by atoms with van der Waals surface area (Å²) in [5.74, 6) is 2.22. The second-order valence-electron chi connectivity index (χ2n) is 3.57. The summed E-state index contributed by atoms with van der Waals surface area (Å²) in [5, 5.41) is 10.5. The van der Waals surface area contributed by atoms with Gasteiger partial charge in [-0.25, -0.2) is 0 Å². The van der Waals surface area contributed by atoms with Crippen molar-refractivity contribution in [1.29, 1.82) is 0 Å². The molecule has 76 valence electrons. The molecule has 0 aromatic heterocycles. The third-order valence-electron chi connectivity index (χ3n) is 2.56. The van der Waals surface area contributed by atoms with Gasteiger partial charge in [-0.1, -0.05) is 0 Å². The average molecular weight is 207 g/mol. The van der Waals surface area contributed by atoms with Crippen LogP contribution in [-0.2, 0) is 5.60 Å². The van der Waals surface area contributed by atoms with Crippen molar-refractivity contribution < 1.29 is 5.11 Å². The maximum absolute atomic E-state index is 10.5. The van der Waals surface area contributed by atoms with Gasteiger partial charge in [0.1, 0.15) is 0 Å². The van der Waals surface area contributed by atoms with Crippen molar-refractivity contribution in [3.63, 3.8) is 0 Å². The predicted octanol–water partition coefficient (Wildman–Crippen LogP) is 2.51. The van der Waals surface area contributed by atoms with Crippen LogP contribution in [0.15, 0.2) is 60.7 Å². The van der Waals surface area contributed by atoms with Crippen LogP contribution in [0, 0.1) is 12.3 Å². The van der Waals surface area contributed by atoms with Crippen LogP contribution in [0.25, 0.3) is 0 Å². The Hall–Kier alpha value is -1.82. The molecule has 2 rings (SSSR count). The van der Waals surface area contributed by atoms with Crippen LogP contribution >= 0.6 is 0 Å². The number of aliphatic hydroxyl groups is 1. The molecule has 0 aliphatic rings. The van der Waals surface area contributed by atoms with Gasteiger partial charge in [-0.15, -0.1) is 0 Å². The molecule has 0 bridgehead atoms. The summed E-state index contributed by atoms with van der Waals surface area (Å²) >= 11 is 0. The standard InChI is InChI=1S/C15H11O/c1-2-15(16,13-9-5-3-6-10-13)14-11-7-4-8-12-14/h3-12,16H/q+1. The second kappa shape index (κ2) is 4.36. The van der Waals surface area contributed by atoms with Gasteiger partial charge in [0.25, 0.3) is 0 Å². The Kier molecular flexibility index (Phi) is 2.91. The molecule has 0 saturated heterocycles. The Morgan fingerprint density at radius 1 is 0.812 bits per heavy atom. The molecule has 0 radical (unpaired) electrons.